The quantitative estimate of drug-likeness (QED) is 0.424. The Kier molecular flexibility index (Phi) is 7.03. The zero-order valence-corrected chi connectivity index (χ0v) is 17.6. The van der Waals surface area contributed by atoms with Crippen LogP contribution in [0.25, 0.3) is 0 Å². The highest BCUT2D eigenvalue weighted by Crippen LogP contribution is 2.30. The fourth-order valence-electron chi connectivity index (χ4n) is 2.37. The third-order valence-corrected chi connectivity index (χ3v) is 4.58. The van der Waals surface area contributed by atoms with E-state index >= 15 is 0 Å². The van der Waals surface area contributed by atoms with Crippen molar-refractivity contribution in [1.82, 2.24) is 14.9 Å². The molecule has 0 atom stereocenters. The van der Waals surface area contributed by atoms with Crippen molar-refractivity contribution in [3.05, 3.63) is 78.9 Å². The third kappa shape index (κ3) is 5.44. The van der Waals surface area contributed by atoms with Crippen LogP contribution in [0.3, 0.4) is 0 Å². The lowest BCUT2D eigenvalue weighted by molar-refractivity contribution is 0.269. The second-order valence-corrected chi connectivity index (χ2v) is 6.96. The summed E-state index contributed by atoms with van der Waals surface area (Å²) < 4.78 is 12.7. The van der Waals surface area contributed by atoms with Gasteiger partial charge in [0.2, 0.25) is 4.77 Å². The topological polar surface area (TPSA) is 81.5 Å². The van der Waals surface area contributed by atoms with Gasteiger partial charge in [-0.1, -0.05) is 29.3 Å². The molecule has 3 rings (SSSR count). The van der Waals surface area contributed by atoms with Crippen molar-refractivity contribution >= 4 is 41.6 Å². The summed E-state index contributed by atoms with van der Waals surface area (Å²) in [7, 11) is 0. The van der Waals surface area contributed by atoms with Gasteiger partial charge < -0.3 is 9.47 Å². The molecule has 7 nitrogen and oxygen atoms in total. The molecule has 29 heavy (non-hydrogen) atoms. The largest absolute Gasteiger partial charge is 0.490 e. The smallest absolute Gasteiger partial charge is 0.293 e. The number of H-pyrrole nitrogens is 1. The maximum absolute atomic E-state index is 11.8. The molecule has 1 N–H and O–H groups in total. The minimum atomic E-state index is -0.435. The SMILES string of the molecule is CCOc1cc(/C=N\n2c(=O)cn[nH]c2=S)ccc1OCc1ccc(Cl)cc1Cl. The highest BCUT2D eigenvalue weighted by Gasteiger charge is 2.08. The molecule has 0 radical (unpaired) electrons. The molecule has 1 heterocycles. The van der Waals surface area contributed by atoms with Crippen molar-refractivity contribution in [1.29, 1.82) is 0 Å². The van der Waals surface area contributed by atoms with Crippen LogP contribution >= 0.6 is 35.4 Å². The van der Waals surface area contributed by atoms with Crippen LogP contribution in [-0.2, 0) is 6.61 Å². The molecule has 0 spiro atoms. The first kappa shape index (κ1) is 21.0. The van der Waals surface area contributed by atoms with E-state index in [0.717, 1.165) is 16.4 Å². The van der Waals surface area contributed by atoms with Crippen LogP contribution in [0.1, 0.15) is 18.1 Å². The Hall–Kier alpha value is -2.68. The molecule has 0 unspecified atom stereocenters. The molecular weight excluding hydrogens is 435 g/mol. The van der Waals surface area contributed by atoms with E-state index in [0.29, 0.717) is 33.7 Å². The van der Waals surface area contributed by atoms with E-state index in [1.165, 1.54) is 6.21 Å². The molecule has 0 saturated heterocycles. The highest BCUT2D eigenvalue weighted by molar-refractivity contribution is 7.71. The van der Waals surface area contributed by atoms with E-state index in [1.54, 1.807) is 30.3 Å². The van der Waals surface area contributed by atoms with Crippen molar-refractivity contribution in [2.24, 2.45) is 5.10 Å². The Morgan fingerprint density at radius 1 is 1.21 bits per heavy atom. The average molecular weight is 451 g/mol. The Morgan fingerprint density at radius 2 is 2.03 bits per heavy atom. The third-order valence-electron chi connectivity index (χ3n) is 3.72. The molecule has 1 aromatic heterocycles. The van der Waals surface area contributed by atoms with Crippen molar-refractivity contribution in [3.8, 4) is 11.5 Å². The summed E-state index contributed by atoms with van der Waals surface area (Å²) in [5.74, 6) is 1.09. The lowest BCUT2D eigenvalue weighted by Gasteiger charge is -2.13. The lowest BCUT2D eigenvalue weighted by atomic mass is 10.2. The molecule has 0 aliphatic heterocycles. The van der Waals surface area contributed by atoms with Gasteiger partial charge in [0.15, 0.2) is 11.5 Å². The van der Waals surface area contributed by atoms with Gasteiger partial charge in [-0.15, -0.1) is 0 Å². The van der Waals surface area contributed by atoms with E-state index in [-0.39, 0.29) is 11.4 Å². The van der Waals surface area contributed by atoms with Gasteiger partial charge in [-0.25, -0.2) is 0 Å². The predicted molar refractivity (Wildman–Crippen MR) is 115 cm³/mol. The van der Waals surface area contributed by atoms with Crippen molar-refractivity contribution in [2.75, 3.05) is 6.61 Å². The Morgan fingerprint density at radius 3 is 2.76 bits per heavy atom. The molecule has 2 aromatic carbocycles. The summed E-state index contributed by atoms with van der Waals surface area (Å²) in [6, 6.07) is 10.5. The summed E-state index contributed by atoms with van der Waals surface area (Å²) >= 11 is 17.1. The van der Waals surface area contributed by atoms with Gasteiger partial charge in [-0.05, 0) is 55.0 Å². The fraction of sp³-hybridized carbons (Fsp3) is 0.158. The zero-order chi connectivity index (χ0) is 20.8. The number of nitrogens with one attached hydrogen (secondary N) is 1. The molecule has 3 aromatic rings. The van der Waals surface area contributed by atoms with Gasteiger partial charge in [0, 0.05) is 15.6 Å². The maximum Gasteiger partial charge on any atom is 0.293 e. The second kappa shape index (κ2) is 9.69. The molecule has 0 fully saturated rings. The molecular formula is C19H16Cl2N4O3S. The van der Waals surface area contributed by atoms with E-state index in [9.17, 15) is 4.79 Å². The van der Waals surface area contributed by atoms with Crippen LogP contribution in [0.15, 0.2) is 52.5 Å². The second-order valence-electron chi connectivity index (χ2n) is 5.73. The Bertz CT molecular complexity index is 1130. The average Bonchev–Trinajstić information content (AvgIpc) is 2.68. The number of aromatic nitrogens is 3. The number of nitrogens with zero attached hydrogens (tertiary/aromatic N) is 3. The lowest BCUT2D eigenvalue weighted by Crippen LogP contribution is -2.18. The first-order valence-electron chi connectivity index (χ1n) is 8.52. The van der Waals surface area contributed by atoms with E-state index in [1.807, 2.05) is 13.0 Å². The molecule has 0 amide bonds. The normalized spacial score (nSPS) is 11.0. The number of rotatable bonds is 7. The van der Waals surface area contributed by atoms with Crippen LogP contribution in [0.4, 0.5) is 0 Å². The maximum atomic E-state index is 11.8. The van der Waals surface area contributed by atoms with Gasteiger partial charge in [-0.3, -0.25) is 9.89 Å². The summed E-state index contributed by atoms with van der Waals surface area (Å²) in [4.78, 5) is 11.8. The first-order chi connectivity index (χ1) is 14.0. The number of halogens is 2. The van der Waals surface area contributed by atoms with Gasteiger partial charge in [0.1, 0.15) is 12.8 Å². The standard InChI is InChI=1S/C19H16Cl2N4O3S/c1-2-27-17-7-12(9-23-25-18(26)10-22-24-19(25)29)3-6-16(17)28-11-13-4-5-14(20)8-15(13)21/h3-10H,2,11H2,1H3,(H,24,29)/b23-9-. The van der Waals surface area contributed by atoms with Crippen molar-refractivity contribution in [3.63, 3.8) is 0 Å². The number of hydrogen-bond donors (Lipinski definition) is 1. The van der Waals surface area contributed by atoms with Crippen LogP contribution in [0, 0.1) is 4.77 Å². The van der Waals surface area contributed by atoms with Gasteiger partial charge in [0.25, 0.3) is 5.56 Å². The van der Waals surface area contributed by atoms with Crippen LogP contribution in [0.2, 0.25) is 10.0 Å². The molecule has 0 aliphatic rings. The predicted octanol–water partition coefficient (Wildman–Crippen LogP) is 4.47. The van der Waals surface area contributed by atoms with Gasteiger partial charge in [-0.2, -0.15) is 14.9 Å². The molecule has 150 valence electrons. The highest BCUT2D eigenvalue weighted by atomic mass is 35.5. The zero-order valence-electron chi connectivity index (χ0n) is 15.3. The fourth-order valence-corrected chi connectivity index (χ4v) is 3.02. The van der Waals surface area contributed by atoms with Crippen LogP contribution < -0.4 is 15.0 Å². The van der Waals surface area contributed by atoms with Crippen molar-refractivity contribution < 1.29 is 9.47 Å². The molecule has 0 saturated carbocycles. The number of hydrogen-bond acceptors (Lipinski definition) is 6. The Labute approximate surface area is 181 Å². The van der Waals surface area contributed by atoms with Gasteiger partial charge >= 0.3 is 0 Å². The summed E-state index contributed by atoms with van der Waals surface area (Å²) in [5.41, 5.74) is 1.06. The summed E-state index contributed by atoms with van der Waals surface area (Å²) in [5, 5.41) is 11.3. The molecule has 10 heteroatoms. The first-order valence-corrected chi connectivity index (χ1v) is 9.69. The number of aromatic amines is 1. The minimum Gasteiger partial charge on any atom is -0.490 e. The minimum absolute atomic E-state index is 0.0959. The van der Waals surface area contributed by atoms with Crippen molar-refractivity contribution in [2.45, 2.75) is 13.5 Å². The van der Waals surface area contributed by atoms with E-state index in [4.69, 9.17) is 44.9 Å². The number of benzene rings is 2. The molecule has 0 aliphatic carbocycles. The van der Waals surface area contributed by atoms with E-state index < -0.39 is 5.56 Å². The van der Waals surface area contributed by atoms with Gasteiger partial charge in [0.05, 0.1) is 12.8 Å². The monoisotopic (exact) mass is 450 g/mol. The summed E-state index contributed by atoms with van der Waals surface area (Å²) in [6.45, 7) is 2.58. The molecule has 0 bridgehead atoms. The Balaban J connectivity index is 1.82. The van der Waals surface area contributed by atoms with Crippen LogP contribution in [0.5, 0.6) is 11.5 Å². The summed E-state index contributed by atoms with van der Waals surface area (Å²) in [6.07, 6.45) is 2.59. The van der Waals surface area contributed by atoms with E-state index in [2.05, 4.69) is 15.3 Å². The number of ether oxygens (including phenoxy) is 2. The van der Waals surface area contributed by atoms with Crippen LogP contribution in [-0.4, -0.2) is 27.7 Å².